The van der Waals surface area contributed by atoms with Gasteiger partial charge in [0.05, 0.1) is 11.6 Å². The lowest BCUT2D eigenvalue weighted by Crippen LogP contribution is -2.35. The van der Waals surface area contributed by atoms with Gasteiger partial charge in [-0.3, -0.25) is 4.90 Å². The third kappa shape index (κ3) is 4.12. The highest BCUT2D eigenvalue weighted by Gasteiger charge is 2.22. The van der Waals surface area contributed by atoms with Gasteiger partial charge in [-0.2, -0.15) is 5.26 Å². The lowest BCUT2D eigenvalue weighted by molar-refractivity contribution is 0.168. The van der Waals surface area contributed by atoms with Gasteiger partial charge in [0.25, 0.3) is 0 Å². The van der Waals surface area contributed by atoms with Crippen molar-refractivity contribution in [3.63, 3.8) is 0 Å². The van der Waals surface area contributed by atoms with Gasteiger partial charge in [-0.1, -0.05) is 12.1 Å². The first-order chi connectivity index (χ1) is 12.3. The van der Waals surface area contributed by atoms with Crippen molar-refractivity contribution in [2.24, 2.45) is 5.92 Å². The molecule has 2 aromatic rings. The number of thiophene rings is 1. The summed E-state index contributed by atoms with van der Waals surface area (Å²) in [5.74, 6) is 0.734. The number of rotatable bonds is 4. The molecule has 0 radical (unpaired) electrons. The van der Waals surface area contributed by atoms with Crippen LogP contribution in [0.15, 0.2) is 30.3 Å². The van der Waals surface area contributed by atoms with Crippen LogP contribution in [0.4, 0.5) is 0 Å². The summed E-state index contributed by atoms with van der Waals surface area (Å²) in [6, 6.07) is 12.8. The lowest BCUT2D eigenvalue weighted by Gasteiger charge is -2.32. The summed E-state index contributed by atoms with van der Waals surface area (Å²) in [5, 5.41) is 12.4. The van der Waals surface area contributed by atoms with Crippen molar-refractivity contribution in [3.05, 3.63) is 56.8 Å². The number of benzene rings is 1. The van der Waals surface area contributed by atoms with E-state index in [9.17, 15) is 0 Å². The highest BCUT2D eigenvalue weighted by molar-refractivity contribution is 7.12. The van der Waals surface area contributed by atoms with Gasteiger partial charge in [-0.15, -0.1) is 11.3 Å². The maximum absolute atomic E-state index is 8.93. The molecule has 2 aliphatic rings. The van der Waals surface area contributed by atoms with E-state index in [1.807, 2.05) is 23.5 Å². The fraction of sp³-hybridized carbons (Fsp3) is 0.476. The highest BCUT2D eigenvalue weighted by atomic mass is 32.1. The quantitative estimate of drug-likeness (QED) is 0.912. The SMILES string of the molecule is N#Cc1ccc(CC2CCCN(Cc3cc4c(s3)CCNC4)C2)cc1. The Hall–Kier alpha value is -1.67. The van der Waals surface area contributed by atoms with Crippen LogP contribution in [0.1, 0.15) is 39.3 Å². The van der Waals surface area contributed by atoms with Crippen molar-refractivity contribution in [1.29, 1.82) is 5.26 Å². The van der Waals surface area contributed by atoms with E-state index in [4.69, 9.17) is 5.26 Å². The number of nitrogens with one attached hydrogen (secondary N) is 1. The zero-order chi connectivity index (χ0) is 17.1. The lowest BCUT2D eigenvalue weighted by atomic mass is 9.91. The molecule has 1 fully saturated rings. The summed E-state index contributed by atoms with van der Waals surface area (Å²) in [6.45, 7) is 5.71. The van der Waals surface area contributed by atoms with Crippen LogP contribution in [0.25, 0.3) is 0 Å². The summed E-state index contributed by atoms with van der Waals surface area (Å²) in [4.78, 5) is 5.77. The van der Waals surface area contributed by atoms with Crippen LogP contribution in [0.2, 0.25) is 0 Å². The van der Waals surface area contributed by atoms with Gasteiger partial charge >= 0.3 is 0 Å². The molecule has 1 aromatic heterocycles. The Kier molecular flexibility index (Phi) is 5.17. The Bertz CT molecular complexity index is 733. The van der Waals surface area contributed by atoms with Crippen LogP contribution in [0.5, 0.6) is 0 Å². The second kappa shape index (κ2) is 7.70. The van der Waals surface area contributed by atoms with Crippen LogP contribution in [0.3, 0.4) is 0 Å². The van der Waals surface area contributed by atoms with E-state index in [-0.39, 0.29) is 0 Å². The molecular weight excluding hydrogens is 326 g/mol. The van der Waals surface area contributed by atoms with E-state index in [0.29, 0.717) is 0 Å². The van der Waals surface area contributed by atoms with Crippen molar-refractivity contribution < 1.29 is 0 Å². The third-order valence-electron chi connectivity index (χ3n) is 5.38. The molecule has 3 nitrogen and oxygen atoms in total. The largest absolute Gasteiger partial charge is 0.312 e. The Morgan fingerprint density at radius 1 is 1.28 bits per heavy atom. The zero-order valence-corrected chi connectivity index (χ0v) is 15.4. The van der Waals surface area contributed by atoms with E-state index in [1.165, 1.54) is 48.4 Å². The Balaban J connectivity index is 1.35. The van der Waals surface area contributed by atoms with Crippen LogP contribution in [0, 0.1) is 17.2 Å². The summed E-state index contributed by atoms with van der Waals surface area (Å²) in [6.07, 6.45) is 4.95. The minimum Gasteiger partial charge on any atom is -0.312 e. The maximum atomic E-state index is 8.93. The maximum Gasteiger partial charge on any atom is 0.0991 e. The molecule has 1 N–H and O–H groups in total. The molecular formula is C21H25N3S. The predicted octanol–water partition coefficient (Wildman–Crippen LogP) is 3.72. The molecule has 1 unspecified atom stereocenters. The number of piperidine rings is 1. The Labute approximate surface area is 154 Å². The van der Waals surface area contributed by atoms with Crippen molar-refractivity contribution in [1.82, 2.24) is 10.2 Å². The van der Waals surface area contributed by atoms with E-state index in [0.717, 1.165) is 37.5 Å². The van der Waals surface area contributed by atoms with Gasteiger partial charge in [0.2, 0.25) is 0 Å². The smallest absolute Gasteiger partial charge is 0.0991 e. The van der Waals surface area contributed by atoms with Crippen molar-refractivity contribution >= 4 is 11.3 Å². The first kappa shape index (κ1) is 16.8. The predicted molar refractivity (Wildman–Crippen MR) is 103 cm³/mol. The van der Waals surface area contributed by atoms with E-state index in [1.54, 1.807) is 4.88 Å². The van der Waals surface area contributed by atoms with Crippen molar-refractivity contribution in [2.75, 3.05) is 19.6 Å². The van der Waals surface area contributed by atoms with Gasteiger partial charge < -0.3 is 5.32 Å². The molecule has 4 rings (SSSR count). The summed E-state index contributed by atoms with van der Waals surface area (Å²) in [5.41, 5.74) is 3.64. The van der Waals surface area contributed by atoms with Gasteiger partial charge in [-0.25, -0.2) is 0 Å². The Morgan fingerprint density at radius 2 is 2.16 bits per heavy atom. The van der Waals surface area contributed by atoms with E-state index in [2.05, 4.69) is 34.5 Å². The molecule has 1 saturated heterocycles. The standard InChI is InChI=1S/C21H25N3S/c22-12-17-5-3-16(4-6-17)10-18-2-1-9-24(14-18)15-20-11-19-13-23-8-7-21(19)25-20/h3-6,11,18,23H,1-2,7-10,13-15H2. The minimum absolute atomic E-state index is 0.734. The monoisotopic (exact) mass is 351 g/mol. The fourth-order valence-corrected chi connectivity index (χ4v) is 5.35. The molecule has 25 heavy (non-hydrogen) atoms. The molecule has 1 atom stereocenters. The van der Waals surface area contributed by atoms with Gasteiger partial charge in [-0.05, 0) is 67.5 Å². The first-order valence-electron chi connectivity index (χ1n) is 9.33. The number of likely N-dealkylation sites (tertiary alicyclic amines) is 1. The van der Waals surface area contributed by atoms with E-state index >= 15 is 0 Å². The average molecular weight is 352 g/mol. The molecule has 0 aliphatic carbocycles. The number of hydrogen-bond acceptors (Lipinski definition) is 4. The van der Waals surface area contributed by atoms with Crippen LogP contribution < -0.4 is 5.32 Å². The van der Waals surface area contributed by atoms with Crippen LogP contribution >= 0.6 is 11.3 Å². The number of nitrogens with zero attached hydrogens (tertiary/aromatic N) is 2. The average Bonchev–Trinajstić information content (AvgIpc) is 3.05. The van der Waals surface area contributed by atoms with Gasteiger partial charge in [0, 0.05) is 35.9 Å². The topological polar surface area (TPSA) is 39.1 Å². The summed E-state index contributed by atoms with van der Waals surface area (Å²) in [7, 11) is 0. The summed E-state index contributed by atoms with van der Waals surface area (Å²) >= 11 is 2.03. The molecule has 2 aliphatic heterocycles. The number of nitriles is 1. The molecule has 1 aromatic carbocycles. The minimum atomic E-state index is 0.734. The zero-order valence-electron chi connectivity index (χ0n) is 14.6. The molecule has 4 heteroatoms. The Morgan fingerprint density at radius 3 is 2.96 bits per heavy atom. The third-order valence-corrected chi connectivity index (χ3v) is 6.60. The normalized spacial score (nSPS) is 20.8. The molecule has 0 spiro atoms. The highest BCUT2D eigenvalue weighted by Crippen LogP contribution is 2.28. The second-order valence-corrected chi connectivity index (χ2v) is 8.57. The van der Waals surface area contributed by atoms with Gasteiger partial charge in [0.1, 0.15) is 0 Å². The van der Waals surface area contributed by atoms with Crippen molar-refractivity contribution in [2.45, 2.75) is 38.8 Å². The molecule has 0 saturated carbocycles. The van der Waals surface area contributed by atoms with Gasteiger partial charge in [0.15, 0.2) is 0 Å². The number of fused-ring (bicyclic) bond motifs is 1. The van der Waals surface area contributed by atoms with E-state index < -0.39 is 0 Å². The molecule has 130 valence electrons. The summed E-state index contributed by atoms with van der Waals surface area (Å²) < 4.78 is 0. The first-order valence-corrected chi connectivity index (χ1v) is 10.1. The second-order valence-electron chi connectivity index (χ2n) is 7.34. The number of hydrogen-bond donors (Lipinski definition) is 1. The van der Waals surface area contributed by atoms with Crippen LogP contribution in [-0.4, -0.2) is 24.5 Å². The van der Waals surface area contributed by atoms with Crippen molar-refractivity contribution in [3.8, 4) is 6.07 Å². The fourth-order valence-electron chi connectivity index (χ4n) is 4.12. The molecule has 0 amide bonds. The molecule has 0 bridgehead atoms. The van der Waals surface area contributed by atoms with Crippen LogP contribution in [-0.2, 0) is 25.9 Å². The molecule has 3 heterocycles.